The Kier molecular flexibility index (Phi) is 6.73. The summed E-state index contributed by atoms with van der Waals surface area (Å²) in [4.78, 5) is 27.8. The predicted octanol–water partition coefficient (Wildman–Crippen LogP) is 0.549. The number of fused-ring (bicyclic) bond motifs is 1. The van der Waals surface area contributed by atoms with Gasteiger partial charge in [0, 0.05) is 46.3 Å². The second-order valence-electron chi connectivity index (χ2n) is 7.81. The van der Waals surface area contributed by atoms with E-state index in [1.54, 1.807) is 17.2 Å². The zero-order valence-corrected chi connectivity index (χ0v) is 17.9. The van der Waals surface area contributed by atoms with E-state index in [2.05, 4.69) is 32.1 Å². The van der Waals surface area contributed by atoms with Gasteiger partial charge in [-0.2, -0.15) is 5.10 Å². The molecule has 1 N–H and O–H groups in total. The topological polar surface area (TPSA) is 90.6 Å². The minimum absolute atomic E-state index is 0.0463. The summed E-state index contributed by atoms with van der Waals surface area (Å²) in [6, 6.07) is 10.2. The van der Waals surface area contributed by atoms with Gasteiger partial charge in [-0.15, -0.1) is 0 Å². The Bertz CT molecular complexity index is 1000. The van der Waals surface area contributed by atoms with Gasteiger partial charge in [-0.05, 0) is 12.0 Å². The largest absolute Gasteiger partial charge is 0.395 e. The van der Waals surface area contributed by atoms with Gasteiger partial charge >= 0.3 is 0 Å². The van der Waals surface area contributed by atoms with Crippen LogP contribution in [0.3, 0.4) is 0 Å². The van der Waals surface area contributed by atoms with Gasteiger partial charge in [-0.1, -0.05) is 30.3 Å². The van der Waals surface area contributed by atoms with Crippen LogP contribution >= 0.6 is 0 Å². The monoisotopic (exact) mass is 423 g/mol. The van der Waals surface area contributed by atoms with E-state index in [0.717, 1.165) is 42.9 Å². The number of aliphatic hydroxyl groups excluding tert-OH is 1. The van der Waals surface area contributed by atoms with Crippen LogP contribution in [-0.4, -0.2) is 93.0 Å². The molecule has 1 aliphatic rings. The van der Waals surface area contributed by atoms with Crippen molar-refractivity contribution in [3.05, 3.63) is 48.4 Å². The number of rotatable bonds is 8. The van der Waals surface area contributed by atoms with Gasteiger partial charge < -0.3 is 14.9 Å². The number of aromatic nitrogens is 4. The van der Waals surface area contributed by atoms with E-state index in [1.807, 2.05) is 35.0 Å². The maximum atomic E-state index is 12.9. The summed E-state index contributed by atoms with van der Waals surface area (Å²) < 4.78 is 1.74. The molecule has 1 amide bonds. The van der Waals surface area contributed by atoms with E-state index in [9.17, 15) is 9.90 Å². The maximum absolute atomic E-state index is 12.9. The Balaban J connectivity index is 1.32. The summed E-state index contributed by atoms with van der Waals surface area (Å²) in [6.07, 6.45) is 4.22. The maximum Gasteiger partial charge on any atom is 0.236 e. The van der Waals surface area contributed by atoms with Gasteiger partial charge in [0.2, 0.25) is 5.91 Å². The van der Waals surface area contributed by atoms with Crippen LogP contribution in [-0.2, 0) is 18.3 Å². The molecule has 9 heteroatoms. The SMILES string of the molecule is Cn1ncc2c(N3CCN(C(=O)CN(CCO)CCc4ccccc4)CC3)ncnc21. The lowest BCUT2D eigenvalue weighted by molar-refractivity contribution is -0.132. The van der Waals surface area contributed by atoms with Crippen LogP contribution in [0, 0.1) is 0 Å². The molecule has 164 valence electrons. The molecule has 2 aromatic heterocycles. The minimum atomic E-state index is 0.0463. The number of aliphatic hydroxyl groups is 1. The highest BCUT2D eigenvalue weighted by molar-refractivity contribution is 5.87. The van der Waals surface area contributed by atoms with Gasteiger partial charge in [0.15, 0.2) is 5.65 Å². The lowest BCUT2D eigenvalue weighted by atomic mass is 10.1. The number of amides is 1. The number of carbonyl (C=O) groups is 1. The second-order valence-corrected chi connectivity index (χ2v) is 7.81. The van der Waals surface area contributed by atoms with Crippen molar-refractivity contribution in [3.8, 4) is 0 Å². The first-order valence-electron chi connectivity index (χ1n) is 10.7. The third-order valence-electron chi connectivity index (χ3n) is 5.77. The van der Waals surface area contributed by atoms with Crippen LogP contribution in [0.25, 0.3) is 11.0 Å². The predicted molar refractivity (Wildman–Crippen MR) is 119 cm³/mol. The number of nitrogens with zero attached hydrogens (tertiary/aromatic N) is 7. The molecule has 1 aliphatic heterocycles. The van der Waals surface area contributed by atoms with Crippen molar-refractivity contribution in [2.45, 2.75) is 6.42 Å². The number of piperazine rings is 1. The van der Waals surface area contributed by atoms with E-state index >= 15 is 0 Å². The molecule has 0 saturated carbocycles. The highest BCUT2D eigenvalue weighted by Gasteiger charge is 2.25. The fourth-order valence-electron chi connectivity index (χ4n) is 4.00. The Labute approximate surface area is 181 Å². The van der Waals surface area contributed by atoms with Crippen LogP contribution in [0.2, 0.25) is 0 Å². The number of carbonyl (C=O) groups excluding carboxylic acids is 1. The van der Waals surface area contributed by atoms with E-state index in [1.165, 1.54) is 5.56 Å². The molecule has 0 atom stereocenters. The van der Waals surface area contributed by atoms with Crippen molar-refractivity contribution < 1.29 is 9.90 Å². The van der Waals surface area contributed by atoms with E-state index < -0.39 is 0 Å². The number of benzene rings is 1. The molecule has 0 spiro atoms. The van der Waals surface area contributed by atoms with Gasteiger partial charge in [-0.3, -0.25) is 14.4 Å². The fraction of sp³-hybridized carbons (Fsp3) is 0.455. The quantitative estimate of drug-likeness (QED) is 0.566. The van der Waals surface area contributed by atoms with Gasteiger partial charge in [-0.25, -0.2) is 9.97 Å². The summed E-state index contributed by atoms with van der Waals surface area (Å²) >= 11 is 0. The van der Waals surface area contributed by atoms with Crippen molar-refractivity contribution in [1.29, 1.82) is 0 Å². The standard InChI is InChI=1S/C22H29N7O2/c1-26-21-19(15-25-26)22(24-17-23-21)29-11-9-28(10-12-29)20(31)16-27(13-14-30)8-7-18-5-3-2-4-6-18/h2-6,15,17,30H,7-14,16H2,1H3. The zero-order valence-electron chi connectivity index (χ0n) is 17.9. The van der Waals surface area contributed by atoms with Crippen LogP contribution in [0.5, 0.6) is 0 Å². The Morgan fingerprint density at radius 1 is 1.10 bits per heavy atom. The molecular weight excluding hydrogens is 394 g/mol. The van der Waals surface area contributed by atoms with Crippen molar-refractivity contribution in [2.75, 3.05) is 57.3 Å². The Morgan fingerprint density at radius 2 is 1.87 bits per heavy atom. The molecule has 0 unspecified atom stereocenters. The minimum Gasteiger partial charge on any atom is -0.395 e. The van der Waals surface area contributed by atoms with Crippen LogP contribution < -0.4 is 4.90 Å². The molecule has 1 fully saturated rings. The summed E-state index contributed by atoms with van der Waals surface area (Å²) in [5, 5.41) is 14.6. The molecule has 0 radical (unpaired) electrons. The normalized spacial score (nSPS) is 14.5. The Morgan fingerprint density at radius 3 is 2.61 bits per heavy atom. The number of aryl methyl sites for hydroxylation is 1. The van der Waals surface area contributed by atoms with Gasteiger partial charge in [0.25, 0.3) is 0 Å². The second kappa shape index (κ2) is 9.84. The molecule has 1 saturated heterocycles. The summed E-state index contributed by atoms with van der Waals surface area (Å²) in [5.41, 5.74) is 2.04. The molecule has 31 heavy (non-hydrogen) atoms. The van der Waals surface area contributed by atoms with Crippen molar-refractivity contribution in [3.63, 3.8) is 0 Å². The highest BCUT2D eigenvalue weighted by Crippen LogP contribution is 2.23. The number of hydrogen-bond donors (Lipinski definition) is 1. The summed E-state index contributed by atoms with van der Waals surface area (Å²) in [7, 11) is 1.87. The Hall–Kier alpha value is -3.04. The molecule has 3 aromatic rings. The first-order valence-corrected chi connectivity index (χ1v) is 10.7. The average Bonchev–Trinajstić information content (AvgIpc) is 3.19. The van der Waals surface area contributed by atoms with Gasteiger partial charge in [0.05, 0.1) is 24.7 Å². The zero-order chi connectivity index (χ0) is 21.6. The summed E-state index contributed by atoms with van der Waals surface area (Å²) in [5.74, 6) is 0.977. The van der Waals surface area contributed by atoms with Crippen LogP contribution in [0.15, 0.2) is 42.9 Å². The third kappa shape index (κ3) is 5.00. The number of anilines is 1. The van der Waals surface area contributed by atoms with Crippen LogP contribution in [0.1, 0.15) is 5.56 Å². The lowest BCUT2D eigenvalue weighted by Crippen LogP contribution is -2.51. The highest BCUT2D eigenvalue weighted by atomic mass is 16.3. The van der Waals surface area contributed by atoms with Crippen LogP contribution in [0.4, 0.5) is 5.82 Å². The van der Waals surface area contributed by atoms with Crippen molar-refractivity contribution in [2.24, 2.45) is 7.05 Å². The first kappa shape index (κ1) is 21.2. The van der Waals surface area contributed by atoms with E-state index in [4.69, 9.17) is 0 Å². The first-order chi connectivity index (χ1) is 15.2. The smallest absolute Gasteiger partial charge is 0.236 e. The molecule has 9 nitrogen and oxygen atoms in total. The number of hydrogen-bond acceptors (Lipinski definition) is 7. The van der Waals surface area contributed by atoms with Crippen molar-refractivity contribution in [1.82, 2.24) is 29.5 Å². The third-order valence-corrected chi connectivity index (χ3v) is 5.77. The van der Waals surface area contributed by atoms with Crippen molar-refractivity contribution >= 4 is 22.8 Å². The molecule has 0 bridgehead atoms. The molecule has 4 rings (SSSR count). The fourth-order valence-corrected chi connectivity index (χ4v) is 4.00. The van der Waals surface area contributed by atoms with Gasteiger partial charge in [0.1, 0.15) is 12.1 Å². The lowest BCUT2D eigenvalue weighted by Gasteiger charge is -2.36. The molecular formula is C22H29N7O2. The van der Waals surface area contributed by atoms with E-state index in [-0.39, 0.29) is 12.5 Å². The summed E-state index contributed by atoms with van der Waals surface area (Å²) in [6.45, 7) is 4.35. The molecule has 3 heterocycles. The molecule has 0 aliphatic carbocycles. The average molecular weight is 424 g/mol. The van der Waals surface area contributed by atoms with E-state index in [0.29, 0.717) is 26.2 Å². The molecule has 1 aromatic carbocycles.